The van der Waals surface area contributed by atoms with Crippen LogP contribution in [0.25, 0.3) is 0 Å². The van der Waals surface area contributed by atoms with Crippen LogP contribution in [0.3, 0.4) is 0 Å². The highest BCUT2D eigenvalue weighted by Gasteiger charge is 2.12. The van der Waals surface area contributed by atoms with Gasteiger partial charge in [0.2, 0.25) is 5.91 Å². The van der Waals surface area contributed by atoms with Crippen molar-refractivity contribution < 1.29 is 19.1 Å². The molecule has 0 saturated heterocycles. The summed E-state index contributed by atoms with van der Waals surface area (Å²) in [7, 11) is 0. The molecule has 2 amide bonds. The van der Waals surface area contributed by atoms with Crippen LogP contribution in [0.2, 0.25) is 0 Å². The van der Waals surface area contributed by atoms with E-state index in [-0.39, 0.29) is 24.0 Å². The Labute approximate surface area is 174 Å². The van der Waals surface area contributed by atoms with Crippen LogP contribution >= 0.6 is 0 Å². The van der Waals surface area contributed by atoms with Crippen molar-refractivity contribution in [3.8, 4) is 5.75 Å². The van der Waals surface area contributed by atoms with Crippen LogP contribution in [0.1, 0.15) is 28.4 Å². The van der Waals surface area contributed by atoms with E-state index in [1.165, 1.54) is 13.0 Å². The third kappa shape index (κ3) is 5.78. The van der Waals surface area contributed by atoms with Gasteiger partial charge in [0.25, 0.3) is 5.91 Å². The lowest BCUT2D eigenvalue weighted by molar-refractivity contribution is -0.131. The molecule has 0 aliphatic carbocycles. The monoisotopic (exact) mass is 402 g/mol. The van der Waals surface area contributed by atoms with Gasteiger partial charge in [0.1, 0.15) is 5.75 Å². The molecular formula is C24H22N2O4. The van der Waals surface area contributed by atoms with E-state index in [1.807, 2.05) is 31.2 Å². The second kappa shape index (κ2) is 9.52. The number of aryl methyl sites for hydroxylation is 1. The summed E-state index contributed by atoms with van der Waals surface area (Å²) < 4.78 is 5.02. The molecule has 0 saturated carbocycles. The van der Waals surface area contributed by atoms with Crippen molar-refractivity contribution in [1.29, 1.82) is 0 Å². The first-order valence-corrected chi connectivity index (χ1v) is 9.45. The first-order chi connectivity index (χ1) is 14.4. The number of carbonyl (C=O) groups is 3. The van der Waals surface area contributed by atoms with E-state index in [9.17, 15) is 14.4 Å². The largest absolute Gasteiger partial charge is 0.427 e. The molecule has 30 heavy (non-hydrogen) atoms. The number of hydrogen-bond acceptors (Lipinski definition) is 4. The lowest BCUT2D eigenvalue weighted by Gasteiger charge is -2.13. The fourth-order valence-corrected chi connectivity index (χ4v) is 2.96. The number of para-hydroxylation sites is 2. The van der Waals surface area contributed by atoms with Crippen molar-refractivity contribution in [1.82, 2.24) is 0 Å². The van der Waals surface area contributed by atoms with E-state index in [2.05, 4.69) is 10.6 Å². The van der Waals surface area contributed by atoms with Gasteiger partial charge in [-0.25, -0.2) is 0 Å². The number of carbonyl (C=O) groups excluding carboxylic acids is 3. The summed E-state index contributed by atoms with van der Waals surface area (Å²) in [5, 5.41) is 5.64. The minimum absolute atomic E-state index is 0.181. The van der Waals surface area contributed by atoms with Gasteiger partial charge < -0.3 is 15.4 Å². The van der Waals surface area contributed by atoms with E-state index >= 15 is 0 Å². The third-order valence-electron chi connectivity index (χ3n) is 4.25. The lowest BCUT2D eigenvalue weighted by Crippen LogP contribution is -2.18. The molecule has 6 nitrogen and oxygen atoms in total. The van der Waals surface area contributed by atoms with E-state index in [1.54, 1.807) is 42.5 Å². The molecule has 0 spiro atoms. The van der Waals surface area contributed by atoms with Crippen LogP contribution in [0.4, 0.5) is 11.4 Å². The maximum atomic E-state index is 12.7. The second-order valence-corrected chi connectivity index (χ2v) is 6.84. The van der Waals surface area contributed by atoms with Crippen LogP contribution in [0.5, 0.6) is 5.75 Å². The molecule has 0 aliphatic heterocycles. The van der Waals surface area contributed by atoms with Crippen LogP contribution in [-0.2, 0) is 16.0 Å². The molecule has 3 rings (SSSR count). The molecule has 0 bridgehead atoms. The average Bonchev–Trinajstić information content (AvgIpc) is 2.69. The van der Waals surface area contributed by atoms with E-state index in [0.717, 1.165) is 11.1 Å². The van der Waals surface area contributed by atoms with Gasteiger partial charge >= 0.3 is 5.97 Å². The van der Waals surface area contributed by atoms with Crippen molar-refractivity contribution in [3.05, 3.63) is 89.5 Å². The quantitative estimate of drug-likeness (QED) is 0.474. The average molecular weight is 402 g/mol. The number of hydrogen-bond donors (Lipinski definition) is 2. The summed E-state index contributed by atoms with van der Waals surface area (Å²) >= 11 is 0. The molecular weight excluding hydrogens is 380 g/mol. The molecule has 0 radical (unpaired) electrons. The number of benzene rings is 3. The first kappa shape index (κ1) is 20.8. The van der Waals surface area contributed by atoms with E-state index in [4.69, 9.17) is 4.74 Å². The number of nitrogens with one attached hydrogen (secondary N) is 2. The molecule has 2 N–H and O–H groups in total. The van der Waals surface area contributed by atoms with Gasteiger partial charge in [-0.15, -0.1) is 0 Å². The number of amides is 2. The first-order valence-electron chi connectivity index (χ1n) is 9.45. The zero-order valence-corrected chi connectivity index (χ0v) is 16.8. The number of ether oxygens (including phenoxy) is 1. The summed E-state index contributed by atoms with van der Waals surface area (Å²) in [6.07, 6.45) is 0.231. The van der Waals surface area contributed by atoms with Gasteiger partial charge in [-0.2, -0.15) is 0 Å². The van der Waals surface area contributed by atoms with Gasteiger partial charge in [-0.3, -0.25) is 14.4 Å². The summed E-state index contributed by atoms with van der Waals surface area (Å²) in [5.74, 6) is -0.743. The Kier molecular flexibility index (Phi) is 6.60. The standard InChI is InChI=1S/C24H22N2O4/c1-16-7-5-8-18(13-16)14-23(28)25-21-11-3-4-12-22(21)26-24(29)19-9-6-10-20(15-19)30-17(2)27/h3-13,15H,14H2,1-2H3,(H,25,28)(H,26,29). The van der Waals surface area contributed by atoms with Gasteiger partial charge in [0.15, 0.2) is 0 Å². The highest BCUT2D eigenvalue weighted by molar-refractivity contribution is 6.07. The molecule has 3 aromatic carbocycles. The highest BCUT2D eigenvalue weighted by Crippen LogP contribution is 2.23. The molecule has 0 fully saturated rings. The highest BCUT2D eigenvalue weighted by atomic mass is 16.5. The third-order valence-corrected chi connectivity index (χ3v) is 4.25. The zero-order valence-electron chi connectivity index (χ0n) is 16.8. The fraction of sp³-hybridized carbons (Fsp3) is 0.125. The number of anilines is 2. The number of rotatable bonds is 6. The Morgan fingerprint density at radius 2 is 1.53 bits per heavy atom. The van der Waals surface area contributed by atoms with E-state index < -0.39 is 5.97 Å². The lowest BCUT2D eigenvalue weighted by atomic mass is 10.1. The Hall–Kier alpha value is -3.93. The second-order valence-electron chi connectivity index (χ2n) is 6.84. The van der Waals surface area contributed by atoms with Crippen LogP contribution < -0.4 is 15.4 Å². The molecule has 0 heterocycles. The smallest absolute Gasteiger partial charge is 0.308 e. The predicted molar refractivity (Wildman–Crippen MR) is 116 cm³/mol. The van der Waals surface area contributed by atoms with Gasteiger partial charge in [-0.1, -0.05) is 48.0 Å². The summed E-state index contributed by atoms with van der Waals surface area (Å²) in [6.45, 7) is 3.27. The fourth-order valence-electron chi connectivity index (χ4n) is 2.96. The summed E-state index contributed by atoms with van der Waals surface area (Å²) in [4.78, 5) is 36.2. The Morgan fingerprint density at radius 3 is 2.23 bits per heavy atom. The van der Waals surface area contributed by atoms with Crippen LogP contribution in [0.15, 0.2) is 72.8 Å². The van der Waals surface area contributed by atoms with Crippen molar-refractivity contribution >= 4 is 29.2 Å². The summed E-state index contributed by atoms with van der Waals surface area (Å²) in [5.41, 5.74) is 3.30. The minimum Gasteiger partial charge on any atom is -0.427 e. The molecule has 0 aliphatic rings. The molecule has 0 unspecified atom stereocenters. The maximum Gasteiger partial charge on any atom is 0.308 e. The normalized spacial score (nSPS) is 10.2. The summed E-state index contributed by atoms with van der Waals surface area (Å²) in [6, 6.07) is 21.0. The molecule has 0 atom stereocenters. The van der Waals surface area contributed by atoms with Crippen molar-refractivity contribution in [2.24, 2.45) is 0 Å². The molecule has 152 valence electrons. The van der Waals surface area contributed by atoms with Crippen molar-refractivity contribution in [3.63, 3.8) is 0 Å². The van der Waals surface area contributed by atoms with E-state index in [0.29, 0.717) is 16.9 Å². The Morgan fingerprint density at radius 1 is 0.833 bits per heavy atom. The predicted octanol–water partition coefficient (Wildman–Crippen LogP) is 4.35. The SMILES string of the molecule is CC(=O)Oc1cccc(C(=O)Nc2ccccc2NC(=O)Cc2cccc(C)c2)c1. The van der Waals surface area contributed by atoms with Crippen molar-refractivity contribution in [2.45, 2.75) is 20.3 Å². The zero-order chi connectivity index (χ0) is 21.5. The van der Waals surface area contributed by atoms with Crippen LogP contribution in [0, 0.1) is 6.92 Å². The Bertz CT molecular complexity index is 1090. The van der Waals surface area contributed by atoms with Crippen molar-refractivity contribution in [2.75, 3.05) is 10.6 Å². The molecule has 6 heteroatoms. The minimum atomic E-state index is -0.464. The molecule has 0 aromatic heterocycles. The topological polar surface area (TPSA) is 84.5 Å². The number of esters is 1. The molecule has 3 aromatic rings. The van der Waals surface area contributed by atoms with Gasteiger partial charge in [-0.05, 0) is 42.8 Å². The van der Waals surface area contributed by atoms with Crippen LogP contribution in [-0.4, -0.2) is 17.8 Å². The maximum absolute atomic E-state index is 12.7. The van der Waals surface area contributed by atoms with Gasteiger partial charge in [0, 0.05) is 12.5 Å². The Balaban J connectivity index is 1.71. The van der Waals surface area contributed by atoms with Gasteiger partial charge in [0.05, 0.1) is 17.8 Å².